The van der Waals surface area contributed by atoms with Crippen molar-refractivity contribution in [2.75, 3.05) is 26.9 Å². The van der Waals surface area contributed by atoms with Crippen LogP contribution in [0.5, 0.6) is 11.5 Å². The third-order valence-electron chi connectivity index (χ3n) is 3.79. The Hall–Kier alpha value is -1.34. The number of nitrogens with one attached hydrogen (secondary N) is 1. The average Bonchev–Trinajstić information content (AvgIpc) is 2.64. The van der Waals surface area contributed by atoms with Gasteiger partial charge in [0.25, 0.3) is 0 Å². The zero-order valence-electron chi connectivity index (χ0n) is 15.6. The van der Waals surface area contributed by atoms with E-state index in [1.165, 1.54) is 6.07 Å². The van der Waals surface area contributed by atoms with Gasteiger partial charge in [-0.15, -0.1) is 12.4 Å². The first-order valence-corrected chi connectivity index (χ1v) is 9.46. The second kappa shape index (κ2) is 12.9. The molecule has 0 radical (unpaired) electrons. The molecule has 0 aliphatic rings. The molecule has 2 aromatic rings. The van der Waals surface area contributed by atoms with Gasteiger partial charge in [0.1, 0.15) is 12.4 Å². The molecule has 0 unspecified atom stereocenters. The van der Waals surface area contributed by atoms with Crippen molar-refractivity contribution in [1.82, 2.24) is 5.32 Å². The van der Waals surface area contributed by atoms with Crippen LogP contribution in [0.1, 0.15) is 24.5 Å². The molecule has 0 aromatic heterocycles. The summed E-state index contributed by atoms with van der Waals surface area (Å²) in [4.78, 5) is 0. The zero-order chi connectivity index (χ0) is 18.8. The van der Waals surface area contributed by atoms with Crippen molar-refractivity contribution in [3.05, 3.63) is 57.8 Å². The highest BCUT2D eigenvalue weighted by Gasteiger charge is 2.13. The van der Waals surface area contributed by atoms with Gasteiger partial charge in [-0.2, -0.15) is 0 Å². The highest BCUT2D eigenvalue weighted by atomic mass is 79.9. The highest BCUT2D eigenvalue weighted by Crippen LogP contribution is 2.37. The van der Waals surface area contributed by atoms with E-state index in [1.807, 2.05) is 19.1 Å². The number of benzene rings is 2. The molecule has 0 saturated heterocycles. The first-order valence-electron chi connectivity index (χ1n) is 8.66. The summed E-state index contributed by atoms with van der Waals surface area (Å²) in [5, 5.41) is 3.38. The van der Waals surface area contributed by atoms with Crippen LogP contribution in [-0.4, -0.2) is 26.9 Å². The fourth-order valence-corrected chi connectivity index (χ4v) is 3.06. The van der Waals surface area contributed by atoms with Gasteiger partial charge in [0.15, 0.2) is 11.5 Å². The molecule has 7 heteroatoms. The lowest BCUT2D eigenvalue weighted by molar-refractivity contribution is 0.144. The van der Waals surface area contributed by atoms with Gasteiger partial charge in [-0.1, -0.05) is 18.2 Å². The minimum absolute atomic E-state index is 0. The smallest absolute Gasteiger partial charge is 0.175 e. The second-order valence-electron chi connectivity index (χ2n) is 5.72. The van der Waals surface area contributed by atoms with Gasteiger partial charge in [0, 0.05) is 25.3 Å². The first kappa shape index (κ1) is 23.7. The van der Waals surface area contributed by atoms with E-state index in [0.29, 0.717) is 23.6 Å². The molecule has 2 aromatic carbocycles. The Morgan fingerprint density at radius 1 is 1.19 bits per heavy atom. The normalized spacial score (nSPS) is 10.4. The SMILES string of the molecule is CCOCCCNCc1cc(Br)c(OCc2ccccc2F)c(OC)c1.Cl. The molecular weight excluding hydrogens is 437 g/mol. The molecule has 4 nitrogen and oxygen atoms in total. The Bertz CT molecular complexity index is 703. The van der Waals surface area contributed by atoms with Crippen LogP contribution in [0.4, 0.5) is 4.39 Å². The predicted molar refractivity (Wildman–Crippen MR) is 111 cm³/mol. The summed E-state index contributed by atoms with van der Waals surface area (Å²) in [6.07, 6.45) is 0.968. The topological polar surface area (TPSA) is 39.7 Å². The minimum atomic E-state index is -0.282. The van der Waals surface area contributed by atoms with E-state index in [-0.39, 0.29) is 24.8 Å². The van der Waals surface area contributed by atoms with Crippen LogP contribution >= 0.6 is 28.3 Å². The summed E-state index contributed by atoms with van der Waals surface area (Å²) in [7, 11) is 1.59. The fourth-order valence-electron chi connectivity index (χ4n) is 2.46. The highest BCUT2D eigenvalue weighted by molar-refractivity contribution is 9.10. The monoisotopic (exact) mass is 461 g/mol. The van der Waals surface area contributed by atoms with Crippen molar-refractivity contribution < 1.29 is 18.6 Å². The van der Waals surface area contributed by atoms with Crippen molar-refractivity contribution in [3.8, 4) is 11.5 Å². The largest absolute Gasteiger partial charge is 0.493 e. The standard InChI is InChI=1S/C20H25BrFNO3.ClH/c1-3-25-10-6-9-23-13-15-11-17(21)20(19(12-15)24-2)26-14-16-7-4-5-8-18(16)22;/h4-5,7-8,11-12,23H,3,6,9-10,13-14H2,1-2H3;1H. The van der Waals surface area contributed by atoms with E-state index in [1.54, 1.807) is 25.3 Å². The van der Waals surface area contributed by atoms with Gasteiger partial charge in [-0.05, 0) is 59.6 Å². The third-order valence-corrected chi connectivity index (χ3v) is 4.38. The molecule has 0 saturated carbocycles. The third kappa shape index (κ3) is 7.66. The van der Waals surface area contributed by atoms with Gasteiger partial charge in [0.2, 0.25) is 0 Å². The predicted octanol–water partition coefficient (Wildman–Crippen LogP) is 5.11. The van der Waals surface area contributed by atoms with Crippen LogP contribution in [0.25, 0.3) is 0 Å². The zero-order valence-corrected chi connectivity index (χ0v) is 18.0. The van der Waals surface area contributed by atoms with Crippen LogP contribution in [0, 0.1) is 5.82 Å². The number of halogens is 3. The molecule has 0 bridgehead atoms. The summed E-state index contributed by atoms with van der Waals surface area (Å²) in [6.45, 7) is 5.24. The number of rotatable bonds is 11. The lowest BCUT2D eigenvalue weighted by Gasteiger charge is -2.15. The lowest BCUT2D eigenvalue weighted by Crippen LogP contribution is -2.16. The van der Waals surface area contributed by atoms with Gasteiger partial charge >= 0.3 is 0 Å². The summed E-state index contributed by atoms with van der Waals surface area (Å²) >= 11 is 3.53. The Kier molecular flexibility index (Phi) is 11.4. The summed E-state index contributed by atoms with van der Waals surface area (Å²) in [5.41, 5.74) is 1.57. The van der Waals surface area contributed by atoms with Crippen LogP contribution in [0.15, 0.2) is 40.9 Å². The van der Waals surface area contributed by atoms with Crippen molar-refractivity contribution in [1.29, 1.82) is 0 Å². The molecule has 0 spiro atoms. The molecule has 0 atom stereocenters. The molecule has 0 heterocycles. The average molecular weight is 463 g/mol. The minimum Gasteiger partial charge on any atom is -0.493 e. The molecule has 0 aliphatic carbocycles. The van der Waals surface area contributed by atoms with Crippen molar-refractivity contribution in [2.45, 2.75) is 26.5 Å². The number of ether oxygens (including phenoxy) is 3. The van der Waals surface area contributed by atoms with Gasteiger partial charge in [-0.25, -0.2) is 4.39 Å². The van der Waals surface area contributed by atoms with E-state index in [9.17, 15) is 4.39 Å². The van der Waals surface area contributed by atoms with E-state index in [2.05, 4.69) is 21.2 Å². The van der Waals surface area contributed by atoms with E-state index >= 15 is 0 Å². The number of hydrogen-bond donors (Lipinski definition) is 1. The Morgan fingerprint density at radius 2 is 1.96 bits per heavy atom. The maximum absolute atomic E-state index is 13.7. The van der Waals surface area contributed by atoms with E-state index in [0.717, 1.165) is 36.2 Å². The Morgan fingerprint density at radius 3 is 2.67 bits per heavy atom. The van der Waals surface area contributed by atoms with E-state index < -0.39 is 0 Å². The summed E-state index contributed by atoms with van der Waals surface area (Å²) in [5.74, 6) is 0.896. The summed E-state index contributed by atoms with van der Waals surface area (Å²) in [6, 6.07) is 10.5. The van der Waals surface area contributed by atoms with E-state index in [4.69, 9.17) is 14.2 Å². The maximum Gasteiger partial charge on any atom is 0.175 e. The fraction of sp³-hybridized carbons (Fsp3) is 0.400. The maximum atomic E-state index is 13.7. The molecule has 150 valence electrons. The van der Waals surface area contributed by atoms with Gasteiger partial charge < -0.3 is 19.5 Å². The Balaban J connectivity index is 0.00000364. The molecular formula is C20H26BrClFNO3. The van der Waals surface area contributed by atoms with Crippen LogP contribution in [0.3, 0.4) is 0 Å². The molecule has 2 rings (SSSR count). The van der Waals surface area contributed by atoms with Gasteiger partial charge in [-0.3, -0.25) is 0 Å². The van der Waals surface area contributed by atoms with Crippen molar-refractivity contribution >= 4 is 28.3 Å². The summed E-state index contributed by atoms with van der Waals surface area (Å²) < 4.78 is 31.1. The second-order valence-corrected chi connectivity index (χ2v) is 6.57. The quantitative estimate of drug-likeness (QED) is 0.471. The van der Waals surface area contributed by atoms with Crippen molar-refractivity contribution in [3.63, 3.8) is 0 Å². The van der Waals surface area contributed by atoms with Crippen molar-refractivity contribution in [2.24, 2.45) is 0 Å². The molecule has 0 aliphatic heterocycles. The molecule has 27 heavy (non-hydrogen) atoms. The molecule has 0 fully saturated rings. The van der Waals surface area contributed by atoms with Crippen LogP contribution < -0.4 is 14.8 Å². The molecule has 0 amide bonds. The Labute approximate surface area is 174 Å². The van der Waals surface area contributed by atoms with Gasteiger partial charge in [0.05, 0.1) is 11.6 Å². The number of hydrogen-bond acceptors (Lipinski definition) is 4. The van der Waals surface area contributed by atoms with Crippen LogP contribution in [-0.2, 0) is 17.9 Å². The first-order chi connectivity index (χ1) is 12.7. The van der Waals surface area contributed by atoms with Crippen LogP contribution in [0.2, 0.25) is 0 Å². The lowest BCUT2D eigenvalue weighted by atomic mass is 10.2. The number of methoxy groups -OCH3 is 1. The molecule has 1 N–H and O–H groups in total.